The lowest BCUT2D eigenvalue weighted by Crippen LogP contribution is -2.62. The molecule has 0 saturated heterocycles. The van der Waals surface area contributed by atoms with Crippen molar-refractivity contribution in [3.8, 4) is 0 Å². The highest BCUT2D eigenvalue weighted by atomic mass is 32.1. The third-order valence-corrected chi connectivity index (χ3v) is 12.1. The fourth-order valence-corrected chi connectivity index (χ4v) is 7.17. The van der Waals surface area contributed by atoms with E-state index in [0.29, 0.717) is 19.4 Å². The Morgan fingerprint density at radius 2 is 0.787 bits per heavy atom. The molecule has 23 N–H and O–H groups in total. The van der Waals surface area contributed by atoms with Crippen molar-refractivity contribution < 1.29 is 103 Å². The van der Waals surface area contributed by atoms with Crippen LogP contribution < -0.4 is 70.8 Å². The van der Waals surface area contributed by atoms with Gasteiger partial charge in [0.2, 0.25) is 65.0 Å². The fraction of sp³-hybridized carbons (Fsp3) is 0.667. The zero-order valence-electron chi connectivity index (χ0n) is 43.9. The van der Waals surface area contributed by atoms with Gasteiger partial charge in [-0.3, -0.25) is 67.1 Å². The van der Waals surface area contributed by atoms with Gasteiger partial charge in [-0.15, -0.1) is 0 Å². The number of aliphatic carboxylic acids is 4. The molecule has 0 aromatic rings. The molecule has 0 fully saturated rings. The third-order valence-electron chi connectivity index (χ3n) is 11.7. The number of carbonyl (C=O) groups excluding carboxylic acids is 11. The van der Waals surface area contributed by atoms with E-state index in [9.17, 15) is 97.5 Å². The van der Waals surface area contributed by atoms with E-state index in [1.54, 1.807) is 6.92 Å². The Morgan fingerprint density at radius 3 is 1.19 bits per heavy atom. The minimum atomic E-state index is -2.09. The van der Waals surface area contributed by atoms with E-state index in [-0.39, 0.29) is 12.8 Å². The maximum absolute atomic E-state index is 13.9. The molecule has 0 rings (SSSR count). The van der Waals surface area contributed by atoms with Crippen LogP contribution in [0.5, 0.6) is 0 Å². The number of aliphatic hydroxyl groups is 2. The summed E-state index contributed by atoms with van der Waals surface area (Å²) in [6.07, 6.45) is -4.93. The second-order valence-corrected chi connectivity index (χ2v) is 18.5. The number of nitrogens with one attached hydrogen (secondary N) is 9. The smallest absolute Gasteiger partial charge is 0.326 e. The maximum atomic E-state index is 13.9. The molecule has 11 amide bonds. The normalized spacial score (nSPS) is 15.0. The Balaban J connectivity index is 6.54. The van der Waals surface area contributed by atoms with E-state index in [4.69, 9.17) is 28.0 Å². The lowest BCUT2D eigenvalue weighted by molar-refractivity contribution is -0.144. The molecule has 0 heterocycles. The SMILES string of the molecule is CC[C@H](C)[C@H](NC(=O)[C@H](CO)NC(=O)[C@@H](N)CCCCN)C(=O)N[C@@H](CCC(=O)O)C(=O)N[C@@H](CCC(N)=O)C(=O)N[C@@H](CO)C(=O)N[C@@H](CS)C(=O)N[C@@H](CC(=O)O)C(=O)N[C@@H](CCC(N)=O)C(=O)N[C@@H](CCC(=O)O)C(=O)O. The number of carboxylic acids is 4. The summed E-state index contributed by atoms with van der Waals surface area (Å²) in [7, 11) is 0. The Kier molecular flexibility index (Phi) is 34.3. The summed E-state index contributed by atoms with van der Waals surface area (Å²) in [4.78, 5) is 190. The van der Waals surface area contributed by atoms with E-state index < -0.39 is 232 Å². The lowest BCUT2D eigenvalue weighted by Gasteiger charge is -2.29. The molecule has 0 aromatic carbocycles. The number of unbranched alkanes of at least 4 members (excludes halogenated alkanes) is 1. The number of carbonyl (C=O) groups is 15. The number of carboxylic acid groups (broad SMARTS) is 4. The quantitative estimate of drug-likeness (QED) is 0.0199. The second-order valence-electron chi connectivity index (χ2n) is 18.1. The summed E-state index contributed by atoms with van der Waals surface area (Å²) in [6.45, 7) is 1.31. The maximum Gasteiger partial charge on any atom is 0.326 e. The van der Waals surface area contributed by atoms with Gasteiger partial charge >= 0.3 is 23.9 Å². The lowest BCUT2D eigenvalue weighted by atomic mass is 9.97. The molecular formula is C45H75N13O21S. The zero-order chi connectivity index (χ0) is 61.4. The van der Waals surface area contributed by atoms with Crippen LogP contribution in [0, 0.1) is 5.92 Å². The van der Waals surface area contributed by atoms with Crippen LogP contribution in [0.15, 0.2) is 0 Å². The molecule has 0 saturated carbocycles. The van der Waals surface area contributed by atoms with Gasteiger partial charge in [0, 0.05) is 31.4 Å². The number of primary amides is 2. The molecule has 0 aromatic heterocycles. The van der Waals surface area contributed by atoms with Crippen molar-refractivity contribution in [1.29, 1.82) is 0 Å². The standard InChI is InChI=1S/C45H75N13O21S/c1-3-20(2)35(58-42(75)28(18-60)55-36(69)21(47)6-4-5-15-46)44(77)52-24(9-13-32(63)64)37(70)50-23(8-12-31(49)62)39(72)56-27(17-59)41(74)57-29(19-80)43(76)54-26(16-34(67)68)40(73)51-22(7-11-30(48)61)38(71)53-25(45(78)79)10-14-33(65)66/h20-29,35,59-60,80H,3-19,46-47H2,1-2H3,(H2,48,61)(H2,49,62)(H,50,70)(H,51,73)(H,52,77)(H,53,71)(H,54,76)(H,55,69)(H,56,72)(H,57,74)(H,58,75)(H,63,64)(H,65,66)(H,67,68)(H,78,79)/t20-,21-,22-,23-,24-,25-,26-,27-,28-,29-,35-/m0/s1. The third kappa shape index (κ3) is 28.2. The highest BCUT2D eigenvalue weighted by Gasteiger charge is 2.37. The summed E-state index contributed by atoms with van der Waals surface area (Å²) in [5.74, 6) is -20.5. The van der Waals surface area contributed by atoms with Gasteiger partial charge in [-0.25, -0.2) is 4.79 Å². The van der Waals surface area contributed by atoms with Gasteiger partial charge in [-0.05, 0) is 51.0 Å². The predicted molar refractivity (Wildman–Crippen MR) is 276 cm³/mol. The van der Waals surface area contributed by atoms with Gasteiger partial charge in [0.25, 0.3) is 0 Å². The van der Waals surface area contributed by atoms with Crippen molar-refractivity contribution in [3.63, 3.8) is 0 Å². The molecule has 11 atom stereocenters. The molecule has 0 aliphatic rings. The van der Waals surface area contributed by atoms with E-state index in [2.05, 4.69) is 49.8 Å². The number of hydrogen-bond donors (Lipinski definition) is 20. The molecule has 35 heteroatoms. The average molecular weight is 1170 g/mol. The van der Waals surface area contributed by atoms with Crippen LogP contribution in [0.4, 0.5) is 0 Å². The summed E-state index contributed by atoms with van der Waals surface area (Å²) in [5, 5.41) is 77.1. The van der Waals surface area contributed by atoms with Crippen LogP contribution in [0.25, 0.3) is 0 Å². The van der Waals surface area contributed by atoms with Crippen LogP contribution in [0.3, 0.4) is 0 Å². The van der Waals surface area contributed by atoms with Crippen LogP contribution in [-0.4, -0.2) is 205 Å². The molecule has 0 spiro atoms. The van der Waals surface area contributed by atoms with Gasteiger partial charge in [0.1, 0.15) is 54.4 Å². The van der Waals surface area contributed by atoms with Gasteiger partial charge in [0.15, 0.2) is 0 Å². The number of amides is 11. The molecule has 0 unspecified atom stereocenters. The van der Waals surface area contributed by atoms with Crippen LogP contribution in [0.2, 0.25) is 0 Å². The van der Waals surface area contributed by atoms with Gasteiger partial charge in [0.05, 0.1) is 25.7 Å². The average Bonchev–Trinajstić information content (AvgIpc) is 3.38. The van der Waals surface area contributed by atoms with Gasteiger partial charge in [-0.2, -0.15) is 12.6 Å². The summed E-state index contributed by atoms with van der Waals surface area (Å²) in [6, 6.07) is -17.4. The highest BCUT2D eigenvalue weighted by molar-refractivity contribution is 7.80. The molecule has 0 bridgehead atoms. The number of nitrogens with two attached hydrogens (primary N) is 4. The first kappa shape index (κ1) is 72.2. The first-order valence-electron chi connectivity index (χ1n) is 24.9. The Hall–Kier alpha value is -7.76. The molecule has 452 valence electrons. The van der Waals surface area contributed by atoms with Gasteiger partial charge < -0.3 is 101 Å². The Morgan fingerprint density at radius 1 is 0.438 bits per heavy atom. The van der Waals surface area contributed by atoms with Crippen LogP contribution in [0.1, 0.15) is 97.3 Å². The van der Waals surface area contributed by atoms with E-state index in [0.717, 1.165) is 0 Å². The van der Waals surface area contributed by atoms with Gasteiger partial charge in [-0.1, -0.05) is 26.7 Å². The first-order valence-corrected chi connectivity index (χ1v) is 25.6. The van der Waals surface area contributed by atoms with E-state index in [1.807, 2.05) is 10.6 Å². The molecule has 0 radical (unpaired) electrons. The fourth-order valence-electron chi connectivity index (χ4n) is 6.91. The largest absolute Gasteiger partial charge is 0.481 e. The van der Waals surface area contributed by atoms with Crippen LogP contribution in [-0.2, 0) is 71.9 Å². The molecule has 0 aliphatic heterocycles. The molecule has 34 nitrogen and oxygen atoms in total. The van der Waals surface area contributed by atoms with Crippen molar-refractivity contribution >= 4 is 101 Å². The topological polar surface area (TPSA) is 590 Å². The van der Waals surface area contributed by atoms with Crippen molar-refractivity contribution in [2.24, 2.45) is 28.9 Å². The predicted octanol–water partition coefficient (Wildman–Crippen LogP) is -8.41. The van der Waals surface area contributed by atoms with Crippen molar-refractivity contribution in [3.05, 3.63) is 0 Å². The number of rotatable bonds is 42. The number of aliphatic hydroxyl groups excluding tert-OH is 2. The minimum Gasteiger partial charge on any atom is -0.481 e. The Labute approximate surface area is 462 Å². The molecule has 80 heavy (non-hydrogen) atoms. The highest BCUT2D eigenvalue weighted by Crippen LogP contribution is 2.12. The van der Waals surface area contributed by atoms with E-state index in [1.165, 1.54) is 6.92 Å². The summed E-state index contributed by atoms with van der Waals surface area (Å²) < 4.78 is 0. The molecule has 0 aliphatic carbocycles. The second kappa shape index (κ2) is 37.9. The zero-order valence-corrected chi connectivity index (χ0v) is 44.8. The van der Waals surface area contributed by atoms with Crippen LogP contribution >= 0.6 is 12.6 Å². The van der Waals surface area contributed by atoms with Crippen molar-refractivity contribution in [1.82, 2.24) is 47.9 Å². The molecular weight excluding hydrogens is 1090 g/mol. The van der Waals surface area contributed by atoms with Crippen molar-refractivity contribution in [2.45, 2.75) is 158 Å². The number of thiol groups is 1. The van der Waals surface area contributed by atoms with E-state index >= 15 is 0 Å². The monoisotopic (exact) mass is 1170 g/mol. The summed E-state index contributed by atoms with van der Waals surface area (Å²) >= 11 is 3.99. The first-order chi connectivity index (χ1) is 37.5. The Bertz CT molecular complexity index is 2210. The number of hydrogen-bond acceptors (Lipinski definition) is 20. The van der Waals surface area contributed by atoms with Crippen molar-refractivity contribution in [2.75, 3.05) is 25.5 Å². The minimum absolute atomic E-state index is 0.201. The summed E-state index contributed by atoms with van der Waals surface area (Å²) in [5.41, 5.74) is 21.8.